The molecule has 0 radical (unpaired) electrons. The van der Waals surface area contributed by atoms with Gasteiger partial charge in [0.2, 0.25) is 5.91 Å². The molecule has 0 aromatic heterocycles. The van der Waals surface area contributed by atoms with Crippen molar-refractivity contribution in [2.24, 2.45) is 0 Å². The van der Waals surface area contributed by atoms with Gasteiger partial charge in [0, 0.05) is 11.6 Å². The molecule has 0 aliphatic rings. The molecular weight excluding hydrogens is 164 g/mol. The molecule has 78 valence electrons. The molecule has 0 aliphatic heterocycles. The highest BCUT2D eigenvalue weighted by Gasteiger charge is 2.17. The van der Waals surface area contributed by atoms with Gasteiger partial charge in [0.05, 0.1) is 6.54 Å². The van der Waals surface area contributed by atoms with E-state index in [9.17, 15) is 4.79 Å². The van der Waals surface area contributed by atoms with Crippen molar-refractivity contribution in [2.45, 2.75) is 52.6 Å². The van der Waals surface area contributed by atoms with Gasteiger partial charge in [-0.2, -0.15) is 0 Å². The molecule has 3 nitrogen and oxygen atoms in total. The van der Waals surface area contributed by atoms with Crippen molar-refractivity contribution in [3.63, 3.8) is 0 Å². The number of carbonyl (C=O) groups is 1. The summed E-state index contributed by atoms with van der Waals surface area (Å²) in [4.78, 5) is 11.3. The van der Waals surface area contributed by atoms with Gasteiger partial charge < -0.3 is 10.6 Å². The van der Waals surface area contributed by atoms with Crippen LogP contribution >= 0.6 is 0 Å². The molecule has 0 atom stereocenters. The van der Waals surface area contributed by atoms with Crippen LogP contribution in [0.1, 0.15) is 41.0 Å². The second-order valence-electron chi connectivity index (χ2n) is 4.32. The van der Waals surface area contributed by atoms with Crippen LogP contribution in [-0.4, -0.2) is 24.0 Å². The van der Waals surface area contributed by atoms with Gasteiger partial charge in [-0.25, -0.2) is 0 Å². The van der Waals surface area contributed by atoms with E-state index in [-0.39, 0.29) is 11.4 Å². The summed E-state index contributed by atoms with van der Waals surface area (Å²) in [5, 5.41) is 6.04. The lowest BCUT2D eigenvalue weighted by atomic mass is 10.0. The van der Waals surface area contributed by atoms with Gasteiger partial charge in [0.15, 0.2) is 0 Å². The molecule has 3 heteroatoms. The second kappa shape index (κ2) is 5.22. The van der Waals surface area contributed by atoms with Gasteiger partial charge in [-0.15, -0.1) is 0 Å². The van der Waals surface area contributed by atoms with E-state index in [2.05, 4.69) is 17.6 Å². The van der Waals surface area contributed by atoms with Crippen molar-refractivity contribution in [2.75, 3.05) is 6.54 Å². The minimum Gasteiger partial charge on any atom is -0.350 e. The Labute approximate surface area is 81.3 Å². The predicted molar refractivity (Wildman–Crippen MR) is 55.7 cm³/mol. The van der Waals surface area contributed by atoms with E-state index in [1.165, 1.54) is 0 Å². The molecule has 0 heterocycles. The monoisotopic (exact) mass is 186 g/mol. The van der Waals surface area contributed by atoms with Crippen LogP contribution in [0, 0.1) is 0 Å². The van der Waals surface area contributed by atoms with Crippen molar-refractivity contribution < 1.29 is 4.79 Å². The fraction of sp³-hybridized carbons (Fsp3) is 0.900. The molecule has 0 rings (SSSR count). The van der Waals surface area contributed by atoms with Crippen LogP contribution in [0.4, 0.5) is 0 Å². The summed E-state index contributed by atoms with van der Waals surface area (Å²) in [6, 6.07) is 0.357. The Bertz CT molecular complexity index is 164. The average Bonchev–Trinajstić information content (AvgIpc) is 2.00. The van der Waals surface area contributed by atoms with E-state index in [1.54, 1.807) is 0 Å². The first-order valence-corrected chi connectivity index (χ1v) is 4.92. The fourth-order valence-corrected chi connectivity index (χ4v) is 0.807. The van der Waals surface area contributed by atoms with Gasteiger partial charge in [0.25, 0.3) is 0 Å². The Morgan fingerprint density at radius 3 is 2.31 bits per heavy atom. The first kappa shape index (κ1) is 12.4. The number of hydrogen-bond acceptors (Lipinski definition) is 2. The Balaban J connectivity index is 3.74. The molecule has 2 N–H and O–H groups in total. The van der Waals surface area contributed by atoms with Gasteiger partial charge in [-0.1, -0.05) is 20.8 Å². The second-order valence-corrected chi connectivity index (χ2v) is 4.32. The van der Waals surface area contributed by atoms with Crippen LogP contribution in [0.5, 0.6) is 0 Å². The number of carbonyl (C=O) groups excluding carboxylic acids is 1. The summed E-state index contributed by atoms with van der Waals surface area (Å²) >= 11 is 0. The third-order valence-electron chi connectivity index (χ3n) is 2.03. The normalized spacial score (nSPS) is 11.8. The Morgan fingerprint density at radius 2 is 1.92 bits per heavy atom. The predicted octanol–water partition coefficient (Wildman–Crippen LogP) is 1.29. The van der Waals surface area contributed by atoms with Gasteiger partial charge >= 0.3 is 0 Å². The van der Waals surface area contributed by atoms with E-state index >= 15 is 0 Å². The average molecular weight is 186 g/mol. The van der Waals surface area contributed by atoms with E-state index in [0.29, 0.717) is 12.6 Å². The Hall–Kier alpha value is -0.570. The van der Waals surface area contributed by atoms with Crippen LogP contribution in [0.15, 0.2) is 0 Å². The lowest BCUT2D eigenvalue weighted by molar-refractivity contribution is -0.121. The van der Waals surface area contributed by atoms with Crippen molar-refractivity contribution in [1.29, 1.82) is 0 Å². The highest BCUT2D eigenvalue weighted by molar-refractivity contribution is 5.78. The van der Waals surface area contributed by atoms with E-state index in [0.717, 1.165) is 6.42 Å². The lowest BCUT2D eigenvalue weighted by Gasteiger charge is -2.24. The number of amides is 1. The summed E-state index contributed by atoms with van der Waals surface area (Å²) in [6.07, 6.45) is 0.945. The minimum absolute atomic E-state index is 0.0700. The smallest absolute Gasteiger partial charge is 0.234 e. The summed E-state index contributed by atoms with van der Waals surface area (Å²) in [7, 11) is 0. The van der Waals surface area contributed by atoms with E-state index in [4.69, 9.17) is 0 Å². The van der Waals surface area contributed by atoms with Crippen molar-refractivity contribution >= 4 is 5.91 Å². The minimum atomic E-state index is -0.0876. The highest BCUT2D eigenvalue weighted by Crippen LogP contribution is 2.05. The van der Waals surface area contributed by atoms with E-state index in [1.807, 2.05) is 27.7 Å². The molecule has 0 unspecified atom stereocenters. The largest absolute Gasteiger partial charge is 0.350 e. The quantitative estimate of drug-likeness (QED) is 0.679. The maximum absolute atomic E-state index is 11.3. The molecule has 13 heavy (non-hydrogen) atoms. The third kappa shape index (κ3) is 6.58. The van der Waals surface area contributed by atoms with Crippen LogP contribution in [0.25, 0.3) is 0 Å². The zero-order valence-electron chi connectivity index (χ0n) is 9.40. The first-order valence-electron chi connectivity index (χ1n) is 4.92. The molecule has 0 saturated carbocycles. The summed E-state index contributed by atoms with van der Waals surface area (Å²) in [5.41, 5.74) is -0.0876. The molecule has 0 saturated heterocycles. The van der Waals surface area contributed by atoms with Crippen molar-refractivity contribution in [1.82, 2.24) is 10.6 Å². The summed E-state index contributed by atoms with van der Waals surface area (Å²) in [6.45, 7) is 10.6. The van der Waals surface area contributed by atoms with E-state index < -0.39 is 0 Å². The fourth-order valence-electron chi connectivity index (χ4n) is 0.807. The molecular formula is C10H22N2O. The van der Waals surface area contributed by atoms with Crippen molar-refractivity contribution in [3.05, 3.63) is 0 Å². The maximum atomic E-state index is 11.3. The standard InChI is InChI=1S/C10H22N2O/c1-6-10(4,5)12-9(13)7-11-8(2)3/h8,11H,6-7H2,1-5H3,(H,12,13). The number of rotatable bonds is 5. The van der Waals surface area contributed by atoms with Crippen molar-refractivity contribution in [3.8, 4) is 0 Å². The lowest BCUT2D eigenvalue weighted by Crippen LogP contribution is -2.47. The SMILES string of the molecule is CCC(C)(C)NC(=O)CNC(C)C. The van der Waals surface area contributed by atoms with Crippen LogP contribution in [0.3, 0.4) is 0 Å². The van der Waals surface area contributed by atoms with Crippen LogP contribution < -0.4 is 10.6 Å². The summed E-state index contributed by atoms with van der Waals surface area (Å²) in [5.74, 6) is 0.0700. The highest BCUT2D eigenvalue weighted by atomic mass is 16.2. The molecule has 0 spiro atoms. The first-order chi connectivity index (χ1) is 5.87. The molecule has 0 aliphatic carbocycles. The molecule has 0 fully saturated rings. The van der Waals surface area contributed by atoms with Crippen LogP contribution in [0.2, 0.25) is 0 Å². The molecule has 0 aromatic rings. The molecule has 0 aromatic carbocycles. The summed E-state index contributed by atoms with van der Waals surface area (Å²) < 4.78 is 0. The molecule has 0 bridgehead atoms. The third-order valence-corrected chi connectivity index (χ3v) is 2.03. The molecule has 1 amide bonds. The van der Waals surface area contributed by atoms with Crippen LogP contribution in [-0.2, 0) is 4.79 Å². The Morgan fingerprint density at radius 1 is 1.38 bits per heavy atom. The topological polar surface area (TPSA) is 41.1 Å². The Kier molecular flexibility index (Phi) is 4.99. The van der Waals surface area contributed by atoms with Gasteiger partial charge in [-0.3, -0.25) is 4.79 Å². The number of nitrogens with one attached hydrogen (secondary N) is 2. The zero-order chi connectivity index (χ0) is 10.5. The maximum Gasteiger partial charge on any atom is 0.234 e. The van der Waals surface area contributed by atoms with Gasteiger partial charge in [0.1, 0.15) is 0 Å². The number of hydrogen-bond donors (Lipinski definition) is 2. The van der Waals surface area contributed by atoms with Gasteiger partial charge in [-0.05, 0) is 20.3 Å². The zero-order valence-corrected chi connectivity index (χ0v) is 9.40.